The number of aromatic nitrogens is 4. The second kappa shape index (κ2) is 7.29. The molecule has 2 N–H and O–H groups in total. The predicted molar refractivity (Wildman–Crippen MR) is 79.6 cm³/mol. The number of H-pyrrole nitrogens is 1. The van der Waals surface area contributed by atoms with Crippen LogP contribution in [-0.2, 0) is 16.1 Å². The molecule has 2 aromatic heterocycles. The molecule has 0 spiro atoms. The van der Waals surface area contributed by atoms with Crippen molar-refractivity contribution >= 4 is 34.1 Å². The molecule has 112 valence electrons. The Kier molecular flexibility index (Phi) is 5.42. The van der Waals surface area contributed by atoms with Crippen LogP contribution in [0.4, 0.5) is 5.13 Å². The summed E-state index contributed by atoms with van der Waals surface area (Å²) in [4.78, 5) is 29.7. The fraction of sp³-hybridized carbons (Fsp3) is 0.364. The molecule has 0 unspecified atom stereocenters. The SMILES string of the molecule is COCc1nnc(NC(=O)CSc2nc(C)cc(=O)[nH]2)s1. The van der Waals surface area contributed by atoms with Crippen LogP contribution in [0, 0.1) is 6.92 Å². The van der Waals surface area contributed by atoms with Crippen LogP contribution in [0.2, 0.25) is 0 Å². The Bertz CT molecular complexity index is 684. The Balaban J connectivity index is 1.87. The summed E-state index contributed by atoms with van der Waals surface area (Å²) in [5.41, 5.74) is 0.369. The van der Waals surface area contributed by atoms with E-state index in [1.165, 1.54) is 17.4 Å². The van der Waals surface area contributed by atoms with Gasteiger partial charge in [0.25, 0.3) is 5.56 Å². The molecule has 1 amide bonds. The summed E-state index contributed by atoms with van der Waals surface area (Å²) in [7, 11) is 1.56. The van der Waals surface area contributed by atoms with Crippen LogP contribution >= 0.6 is 23.1 Å². The molecule has 0 radical (unpaired) electrons. The molecule has 0 aliphatic carbocycles. The van der Waals surface area contributed by atoms with E-state index in [0.29, 0.717) is 27.6 Å². The molecule has 0 saturated carbocycles. The predicted octanol–water partition coefficient (Wildman–Crippen LogP) is 0.807. The van der Waals surface area contributed by atoms with E-state index in [9.17, 15) is 9.59 Å². The molecule has 2 rings (SSSR count). The van der Waals surface area contributed by atoms with E-state index in [2.05, 4.69) is 25.5 Å². The van der Waals surface area contributed by atoms with Crippen molar-refractivity contribution in [2.24, 2.45) is 0 Å². The molecule has 0 saturated heterocycles. The third-order valence-corrected chi connectivity index (χ3v) is 3.85. The van der Waals surface area contributed by atoms with Gasteiger partial charge in [-0.15, -0.1) is 10.2 Å². The average Bonchev–Trinajstić information content (AvgIpc) is 2.83. The number of anilines is 1. The van der Waals surface area contributed by atoms with Crippen LogP contribution in [0.5, 0.6) is 0 Å². The van der Waals surface area contributed by atoms with Crippen molar-refractivity contribution in [2.45, 2.75) is 18.7 Å². The fourth-order valence-electron chi connectivity index (χ4n) is 1.40. The number of hydrogen-bond acceptors (Lipinski definition) is 8. The van der Waals surface area contributed by atoms with E-state index in [-0.39, 0.29) is 17.2 Å². The highest BCUT2D eigenvalue weighted by Gasteiger charge is 2.09. The number of rotatable bonds is 6. The largest absolute Gasteiger partial charge is 0.377 e. The van der Waals surface area contributed by atoms with Crippen LogP contribution in [0.25, 0.3) is 0 Å². The smallest absolute Gasteiger partial charge is 0.251 e. The minimum Gasteiger partial charge on any atom is -0.377 e. The molecule has 0 fully saturated rings. The van der Waals surface area contributed by atoms with E-state index in [0.717, 1.165) is 11.8 Å². The normalized spacial score (nSPS) is 10.6. The first-order chi connectivity index (χ1) is 10.1. The lowest BCUT2D eigenvalue weighted by molar-refractivity contribution is -0.113. The van der Waals surface area contributed by atoms with Gasteiger partial charge in [-0.3, -0.25) is 14.9 Å². The van der Waals surface area contributed by atoms with Crippen molar-refractivity contribution in [3.8, 4) is 0 Å². The number of aromatic amines is 1. The first kappa shape index (κ1) is 15.6. The highest BCUT2D eigenvalue weighted by Crippen LogP contribution is 2.17. The van der Waals surface area contributed by atoms with Crippen molar-refractivity contribution < 1.29 is 9.53 Å². The van der Waals surface area contributed by atoms with Gasteiger partial charge in [0.1, 0.15) is 11.6 Å². The van der Waals surface area contributed by atoms with Crippen LogP contribution in [0.1, 0.15) is 10.7 Å². The number of amides is 1. The monoisotopic (exact) mass is 327 g/mol. The first-order valence-corrected chi connectivity index (χ1v) is 7.69. The molecular formula is C11H13N5O3S2. The molecule has 2 aromatic rings. The lowest BCUT2D eigenvalue weighted by atomic mass is 10.5. The quantitative estimate of drug-likeness (QED) is 0.596. The molecule has 0 aliphatic heterocycles. The van der Waals surface area contributed by atoms with Crippen LogP contribution in [-0.4, -0.2) is 38.9 Å². The lowest BCUT2D eigenvalue weighted by Gasteiger charge is -2.01. The Morgan fingerprint density at radius 1 is 1.52 bits per heavy atom. The number of thioether (sulfide) groups is 1. The maximum Gasteiger partial charge on any atom is 0.251 e. The highest BCUT2D eigenvalue weighted by atomic mass is 32.2. The zero-order chi connectivity index (χ0) is 15.2. The minimum atomic E-state index is -0.246. The van der Waals surface area contributed by atoms with E-state index in [1.807, 2.05) is 0 Å². The molecule has 10 heteroatoms. The van der Waals surface area contributed by atoms with E-state index in [1.54, 1.807) is 14.0 Å². The molecular weight excluding hydrogens is 314 g/mol. The molecule has 0 bridgehead atoms. The maximum absolute atomic E-state index is 11.8. The van der Waals surface area contributed by atoms with Gasteiger partial charge in [0.2, 0.25) is 11.0 Å². The lowest BCUT2D eigenvalue weighted by Crippen LogP contribution is -2.15. The summed E-state index contributed by atoms with van der Waals surface area (Å²) in [6, 6.07) is 1.39. The summed E-state index contributed by atoms with van der Waals surface area (Å²) in [5.74, 6) is -0.129. The second-order valence-electron chi connectivity index (χ2n) is 3.96. The fourth-order valence-corrected chi connectivity index (χ4v) is 2.84. The summed E-state index contributed by atoms with van der Waals surface area (Å²) in [5, 5.41) is 11.8. The zero-order valence-corrected chi connectivity index (χ0v) is 13.0. The second-order valence-corrected chi connectivity index (χ2v) is 5.99. The van der Waals surface area contributed by atoms with Gasteiger partial charge in [-0.25, -0.2) is 4.98 Å². The third kappa shape index (κ3) is 4.92. The maximum atomic E-state index is 11.8. The van der Waals surface area contributed by atoms with Gasteiger partial charge in [-0.2, -0.15) is 0 Å². The minimum absolute atomic E-state index is 0.117. The Morgan fingerprint density at radius 3 is 3.05 bits per heavy atom. The first-order valence-electron chi connectivity index (χ1n) is 5.89. The Hall–Kier alpha value is -1.78. The number of carbonyl (C=O) groups excluding carboxylic acids is 1. The van der Waals surface area contributed by atoms with Gasteiger partial charge in [0.05, 0.1) is 5.75 Å². The Morgan fingerprint density at radius 2 is 2.33 bits per heavy atom. The van der Waals surface area contributed by atoms with Crippen molar-refractivity contribution in [3.05, 3.63) is 27.1 Å². The number of aryl methyl sites for hydroxylation is 1. The third-order valence-electron chi connectivity index (χ3n) is 2.17. The van der Waals surface area contributed by atoms with Crippen molar-refractivity contribution in [3.63, 3.8) is 0 Å². The number of nitrogens with one attached hydrogen (secondary N) is 2. The molecule has 0 aromatic carbocycles. The number of ether oxygens (including phenoxy) is 1. The number of hydrogen-bond donors (Lipinski definition) is 2. The van der Waals surface area contributed by atoms with Crippen LogP contribution in [0.15, 0.2) is 16.0 Å². The van der Waals surface area contributed by atoms with Gasteiger partial charge >= 0.3 is 0 Å². The molecule has 0 atom stereocenters. The van der Waals surface area contributed by atoms with Gasteiger partial charge in [-0.1, -0.05) is 23.1 Å². The van der Waals surface area contributed by atoms with Gasteiger partial charge in [-0.05, 0) is 6.92 Å². The van der Waals surface area contributed by atoms with E-state index >= 15 is 0 Å². The zero-order valence-electron chi connectivity index (χ0n) is 11.4. The average molecular weight is 327 g/mol. The van der Waals surface area contributed by atoms with Gasteiger partial charge < -0.3 is 9.72 Å². The number of methoxy groups -OCH3 is 1. The Labute approximate surface area is 128 Å². The van der Waals surface area contributed by atoms with Crippen molar-refractivity contribution in [2.75, 3.05) is 18.2 Å². The van der Waals surface area contributed by atoms with Crippen LogP contribution < -0.4 is 10.9 Å². The number of carbonyl (C=O) groups is 1. The van der Waals surface area contributed by atoms with Gasteiger partial charge in [0, 0.05) is 18.9 Å². The summed E-state index contributed by atoms with van der Waals surface area (Å²) < 4.78 is 4.92. The molecule has 0 aliphatic rings. The van der Waals surface area contributed by atoms with Gasteiger partial charge in [0.15, 0.2) is 5.16 Å². The topological polar surface area (TPSA) is 110 Å². The molecule has 8 nitrogen and oxygen atoms in total. The van der Waals surface area contributed by atoms with E-state index < -0.39 is 0 Å². The van der Waals surface area contributed by atoms with Crippen molar-refractivity contribution in [1.82, 2.24) is 20.2 Å². The molecule has 2 heterocycles. The standard InChI is InChI=1S/C11H13N5O3S2/c1-6-3-7(17)13-10(12-6)20-5-8(18)14-11-16-15-9(21-11)4-19-2/h3H,4-5H2,1-2H3,(H,12,13,17)(H,14,16,18). The summed E-state index contributed by atoms with van der Waals surface area (Å²) >= 11 is 2.40. The summed E-state index contributed by atoms with van der Waals surface area (Å²) in [6.07, 6.45) is 0. The summed E-state index contributed by atoms with van der Waals surface area (Å²) in [6.45, 7) is 2.08. The van der Waals surface area contributed by atoms with E-state index in [4.69, 9.17) is 4.74 Å². The number of nitrogens with zero attached hydrogens (tertiary/aromatic N) is 3. The molecule has 21 heavy (non-hydrogen) atoms. The van der Waals surface area contributed by atoms with Crippen LogP contribution in [0.3, 0.4) is 0 Å². The highest BCUT2D eigenvalue weighted by molar-refractivity contribution is 7.99. The van der Waals surface area contributed by atoms with Crippen molar-refractivity contribution in [1.29, 1.82) is 0 Å².